The van der Waals surface area contributed by atoms with Gasteiger partial charge in [-0.2, -0.15) is 0 Å². The van der Waals surface area contributed by atoms with E-state index in [1.165, 1.54) is 0 Å². The minimum absolute atomic E-state index is 0.279. The van der Waals surface area contributed by atoms with Gasteiger partial charge in [0.05, 0.1) is 5.56 Å². The zero-order valence-electron chi connectivity index (χ0n) is 10.0. The Kier molecular flexibility index (Phi) is 3.63. The molecule has 0 aromatic heterocycles. The zero-order valence-corrected chi connectivity index (χ0v) is 10.0. The average Bonchev–Trinajstić information content (AvgIpc) is 2.40. The van der Waals surface area contributed by atoms with Crippen molar-refractivity contribution in [3.63, 3.8) is 0 Å². The third kappa shape index (κ3) is 2.69. The lowest BCUT2D eigenvalue weighted by Gasteiger charge is -2.16. The van der Waals surface area contributed by atoms with Crippen LogP contribution >= 0.6 is 0 Å². The van der Waals surface area contributed by atoms with Gasteiger partial charge in [0.1, 0.15) is 11.9 Å². The minimum atomic E-state index is -0.936. The van der Waals surface area contributed by atoms with Crippen LogP contribution in [-0.4, -0.2) is 11.1 Å². The number of ether oxygens (including phenoxy) is 1. The molecule has 1 unspecified atom stereocenters. The summed E-state index contributed by atoms with van der Waals surface area (Å²) >= 11 is 0. The van der Waals surface area contributed by atoms with Crippen molar-refractivity contribution >= 4 is 5.97 Å². The van der Waals surface area contributed by atoms with Crippen molar-refractivity contribution in [3.8, 4) is 5.75 Å². The number of carboxylic acids is 1. The van der Waals surface area contributed by atoms with E-state index in [-0.39, 0.29) is 11.7 Å². The Balaban J connectivity index is 2.24. The maximum atomic E-state index is 11.1. The van der Waals surface area contributed by atoms with Crippen LogP contribution in [0.25, 0.3) is 0 Å². The number of aromatic carboxylic acids is 1. The van der Waals surface area contributed by atoms with E-state index in [1.807, 2.05) is 43.3 Å². The maximum absolute atomic E-state index is 11.1. The molecule has 0 fully saturated rings. The topological polar surface area (TPSA) is 46.5 Å². The smallest absolute Gasteiger partial charge is 0.336 e. The summed E-state index contributed by atoms with van der Waals surface area (Å²) in [6.07, 6.45) is -0.306. The summed E-state index contributed by atoms with van der Waals surface area (Å²) < 4.78 is 5.73. The van der Waals surface area contributed by atoms with E-state index in [9.17, 15) is 4.79 Å². The second kappa shape index (κ2) is 5.36. The van der Waals surface area contributed by atoms with Gasteiger partial charge < -0.3 is 9.84 Å². The molecule has 2 aromatic carbocycles. The Hall–Kier alpha value is -2.29. The van der Waals surface area contributed by atoms with Gasteiger partial charge >= 0.3 is 5.97 Å². The lowest BCUT2D eigenvalue weighted by Crippen LogP contribution is -2.09. The summed E-state index contributed by atoms with van der Waals surface area (Å²) in [6.45, 7) is 1.84. The second-order valence-electron chi connectivity index (χ2n) is 3.97. The minimum Gasteiger partial charge on any atom is -0.486 e. The first-order valence-electron chi connectivity index (χ1n) is 5.72. The molecule has 1 N–H and O–H groups in total. The second-order valence-corrected chi connectivity index (χ2v) is 3.97. The summed E-state index contributed by atoms with van der Waals surface area (Å²) in [5.41, 5.74) is 0.954. The molecule has 0 saturated heterocycles. The van der Waals surface area contributed by atoms with Crippen molar-refractivity contribution in [2.45, 2.75) is 13.0 Å². The molecule has 0 saturated carbocycles. The number of para-hydroxylation sites is 1. The lowest BCUT2D eigenvalue weighted by molar-refractivity contribution is 0.0691. The van der Waals surface area contributed by atoms with Crippen LogP contribution in [0.4, 0.5) is 0 Å². The molecule has 3 heteroatoms. The van der Waals surface area contributed by atoms with Crippen LogP contribution in [-0.2, 0) is 0 Å². The number of hydrogen-bond donors (Lipinski definition) is 1. The van der Waals surface area contributed by atoms with Crippen LogP contribution in [0.15, 0.2) is 54.6 Å². The summed E-state index contributed by atoms with van der Waals surface area (Å²) in [5.74, 6) is -0.209. The Bertz CT molecular complexity index is 534. The van der Waals surface area contributed by atoms with E-state index < -0.39 is 5.97 Å². The number of hydrogen-bond acceptors (Lipinski definition) is 2. The highest BCUT2D eigenvalue weighted by Crippen LogP contribution is 2.24. The number of carbonyl (C=O) groups is 1. The molecule has 2 aromatic rings. The van der Waals surface area contributed by atoms with Gasteiger partial charge in [-0.05, 0) is 25.1 Å². The van der Waals surface area contributed by atoms with E-state index in [0.717, 1.165) is 5.75 Å². The first kappa shape index (κ1) is 12.2. The molecule has 0 amide bonds. The highest BCUT2D eigenvalue weighted by molar-refractivity contribution is 5.89. The monoisotopic (exact) mass is 242 g/mol. The fourth-order valence-electron chi connectivity index (χ4n) is 1.81. The van der Waals surface area contributed by atoms with Crippen LogP contribution in [0.1, 0.15) is 28.9 Å². The molecule has 0 aliphatic rings. The predicted molar refractivity (Wildman–Crippen MR) is 68.9 cm³/mol. The number of benzene rings is 2. The van der Waals surface area contributed by atoms with Gasteiger partial charge in [-0.25, -0.2) is 4.79 Å². The molecule has 18 heavy (non-hydrogen) atoms. The van der Waals surface area contributed by atoms with E-state index in [4.69, 9.17) is 9.84 Å². The van der Waals surface area contributed by atoms with E-state index in [1.54, 1.807) is 18.2 Å². The van der Waals surface area contributed by atoms with Crippen molar-refractivity contribution in [3.05, 3.63) is 65.7 Å². The van der Waals surface area contributed by atoms with Crippen molar-refractivity contribution in [2.24, 2.45) is 0 Å². The lowest BCUT2D eigenvalue weighted by atomic mass is 10.0. The largest absolute Gasteiger partial charge is 0.486 e. The van der Waals surface area contributed by atoms with E-state index in [2.05, 4.69) is 0 Å². The van der Waals surface area contributed by atoms with Crippen molar-refractivity contribution < 1.29 is 14.6 Å². The molecule has 0 aliphatic carbocycles. The maximum Gasteiger partial charge on any atom is 0.336 e. The van der Waals surface area contributed by atoms with Gasteiger partial charge in [-0.1, -0.05) is 36.4 Å². The summed E-state index contributed by atoms with van der Waals surface area (Å²) in [5, 5.41) is 9.13. The first-order chi connectivity index (χ1) is 8.68. The third-order valence-corrected chi connectivity index (χ3v) is 2.69. The molecule has 3 nitrogen and oxygen atoms in total. The Morgan fingerprint density at radius 3 is 2.33 bits per heavy atom. The molecule has 92 valence electrons. The molecule has 1 atom stereocenters. The average molecular weight is 242 g/mol. The first-order valence-corrected chi connectivity index (χ1v) is 5.72. The van der Waals surface area contributed by atoms with Gasteiger partial charge in [0, 0.05) is 5.56 Å². The molecule has 0 heterocycles. The summed E-state index contributed by atoms with van der Waals surface area (Å²) in [7, 11) is 0. The number of rotatable bonds is 4. The van der Waals surface area contributed by atoms with E-state index in [0.29, 0.717) is 5.56 Å². The standard InChI is InChI=1S/C15H14O3/c1-11(18-12-7-3-2-4-8-12)13-9-5-6-10-14(13)15(16)17/h2-11H,1H3,(H,16,17). The van der Waals surface area contributed by atoms with Crippen molar-refractivity contribution in [1.82, 2.24) is 0 Å². The van der Waals surface area contributed by atoms with Gasteiger partial charge in [0.2, 0.25) is 0 Å². The molecule has 0 bridgehead atoms. The molecular formula is C15H14O3. The van der Waals surface area contributed by atoms with Crippen molar-refractivity contribution in [2.75, 3.05) is 0 Å². The van der Waals surface area contributed by atoms with Gasteiger partial charge in [0.15, 0.2) is 0 Å². The molecule has 0 aliphatic heterocycles. The zero-order chi connectivity index (χ0) is 13.0. The van der Waals surface area contributed by atoms with Crippen LogP contribution in [0, 0.1) is 0 Å². The van der Waals surface area contributed by atoms with Crippen LogP contribution in [0.3, 0.4) is 0 Å². The van der Waals surface area contributed by atoms with E-state index >= 15 is 0 Å². The van der Waals surface area contributed by atoms with Crippen molar-refractivity contribution in [1.29, 1.82) is 0 Å². The fourth-order valence-corrected chi connectivity index (χ4v) is 1.81. The Morgan fingerprint density at radius 2 is 1.67 bits per heavy atom. The SMILES string of the molecule is CC(Oc1ccccc1)c1ccccc1C(=O)O. The summed E-state index contributed by atoms with van der Waals surface area (Å²) in [6, 6.07) is 16.2. The fraction of sp³-hybridized carbons (Fsp3) is 0.133. The van der Waals surface area contributed by atoms with Crippen LogP contribution < -0.4 is 4.74 Å². The van der Waals surface area contributed by atoms with Gasteiger partial charge in [-0.3, -0.25) is 0 Å². The molecule has 2 rings (SSSR count). The molecule has 0 spiro atoms. The molecule has 0 radical (unpaired) electrons. The quantitative estimate of drug-likeness (QED) is 0.892. The highest BCUT2D eigenvalue weighted by atomic mass is 16.5. The highest BCUT2D eigenvalue weighted by Gasteiger charge is 2.15. The Morgan fingerprint density at radius 1 is 1.06 bits per heavy atom. The Labute approximate surface area is 106 Å². The molecular weight excluding hydrogens is 228 g/mol. The van der Waals surface area contributed by atoms with Gasteiger partial charge in [0.25, 0.3) is 0 Å². The van der Waals surface area contributed by atoms with Crippen LogP contribution in [0.2, 0.25) is 0 Å². The normalized spacial score (nSPS) is 11.8. The van der Waals surface area contributed by atoms with Crippen LogP contribution in [0.5, 0.6) is 5.75 Å². The third-order valence-electron chi connectivity index (χ3n) is 2.69. The predicted octanol–water partition coefficient (Wildman–Crippen LogP) is 3.52. The summed E-state index contributed by atoms with van der Waals surface area (Å²) in [4.78, 5) is 11.1. The number of carboxylic acid groups (broad SMARTS) is 1. The van der Waals surface area contributed by atoms with Gasteiger partial charge in [-0.15, -0.1) is 0 Å².